The number of hydrogen-bond acceptors (Lipinski definition) is 9. The Bertz CT molecular complexity index is 1410. The number of hydrogen-bond donors (Lipinski definition) is 6. The minimum absolute atomic E-state index is 0.0590. The van der Waals surface area contributed by atoms with E-state index >= 15 is 0 Å². The van der Waals surface area contributed by atoms with Gasteiger partial charge in [-0.1, -0.05) is 43.3 Å². The first-order chi connectivity index (χ1) is 23.9. The number of halogens is 2. The van der Waals surface area contributed by atoms with Crippen molar-refractivity contribution >= 4 is 11.6 Å². The minimum Gasteiger partial charge on any atom is -0.394 e. The molecule has 1 saturated heterocycles. The van der Waals surface area contributed by atoms with Crippen LogP contribution in [0.5, 0.6) is 0 Å². The van der Waals surface area contributed by atoms with Crippen molar-refractivity contribution in [2.75, 3.05) is 38.3 Å². The van der Waals surface area contributed by atoms with Crippen LogP contribution in [0.2, 0.25) is 0 Å². The lowest BCUT2D eigenvalue weighted by molar-refractivity contribution is -0.131. The molecule has 7 atom stereocenters. The molecule has 1 aliphatic heterocycles. The average molecular weight is 703 g/mol. The Kier molecular flexibility index (Phi) is 16.9. The van der Waals surface area contributed by atoms with Crippen LogP contribution in [-0.4, -0.2) is 99.2 Å². The fourth-order valence-electron chi connectivity index (χ4n) is 5.90. The van der Waals surface area contributed by atoms with Crippen molar-refractivity contribution in [1.82, 2.24) is 4.90 Å². The molecule has 1 heterocycles. The highest BCUT2D eigenvalue weighted by Gasteiger charge is 2.48. The minimum atomic E-state index is -1.54. The van der Waals surface area contributed by atoms with Gasteiger partial charge in [-0.2, -0.15) is 0 Å². The Morgan fingerprint density at radius 2 is 1.38 bits per heavy atom. The van der Waals surface area contributed by atoms with E-state index < -0.39 is 37.1 Å². The number of benzene rings is 3. The maximum Gasteiger partial charge on any atom is 0.233 e. The normalized spacial score (nSPS) is 18.9. The summed E-state index contributed by atoms with van der Waals surface area (Å²) in [4.78, 5) is 16.8. The van der Waals surface area contributed by atoms with Gasteiger partial charge in [0, 0.05) is 18.8 Å². The monoisotopic (exact) mass is 702 g/mol. The van der Waals surface area contributed by atoms with E-state index in [1.807, 2.05) is 50.1 Å². The third kappa shape index (κ3) is 11.6. The molecule has 6 N–H and O–H groups in total. The Morgan fingerprint density at radius 1 is 0.800 bits per heavy atom. The zero-order chi connectivity index (χ0) is 36.8. The molecule has 3 aromatic carbocycles. The van der Waals surface area contributed by atoms with Gasteiger partial charge in [0.15, 0.2) is 0 Å². The molecule has 0 aromatic heterocycles. The van der Waals surface area contributed by atoms with Gasteiger partial charge in [-0.3, -0.25) is 4.79 Å². The molecular formula is C38H52F2N2O8. The first kappa shape index (κ1) is 41.1. The maximum atomic E-state index is 13.4. The molecule has 3 aromatic rings. The topological polar surface area (TPSA) is 154 Å². The highest BCUT2D eigenvalue weighted by atomic mass is 19.1. The van der Waals surface area contributed by atoms with E-state index in [4.69, 9.17) is 14.9 Å². The van der Waals surface area contributed by atoms with E-state index in [2.05, 4.69) is 0 Å². The number of carbonyl (C=O) groups excluding carboxylic acids is 1. The predicted molar refractivity (Wildman–Crippen MR) is 186 cm³/mol. The van der Waals surface area contributed by atoms with E-state index in [0.29, 0.717) is 50.3 Å². The standard InChI is InChI=1S/C27H27F2NO3.C11H25NO5/c1-2-33-17-18-3-5-20(6-4-18)26-24(15-16-25(31)19-7-9-21(28)10-8-19)27(32)30(26)23-13-11-22(29)12-14-23;1-3-5-12(2)6-4-8(14)10(16)11(17)9(15)7-13/h3-14,24-26,31H,2,15-17H2,1H3;8-11,13-17H,3-7H2,1-2H3. The molecule has 0 radical (unpaired) electrons. The lowest BCUT2D eigenvalue weighted by Gasteiger charge is -2.48. The Balaban J connectivity index is 0.000000338. The van der Waals surface area contributed by atoms with Crippen LogP contribution in [-0.2, 0) is 16.1 Å². The third-order valence-corrected chi connectivity index (χ3v) is 8.86. The highest BCUT2D eigenvalue weighted by molar-refractivity contribution is 6.03. The summed E-state index contributed by atoms with van der Waals surface area (Å²) in [5.74, 6) is -1.09. The molecule has 12 heteroatoms. The van der Waals surface area contributed by atoms with Gasteiger partial charge in [-0.05, 0) is 99.3 Å². The summed E-state index contributed by atoms with van der Waals surface area (Å²) in [7, 11) is 1.90. The fourth-order valence-corrected chi connectivity index (χ4v) is 5.90. The number of rotatable bonds is 18. The number of aliphatic hydroxyl groups excluding tert-OH is 6. The first-order valence-electron chi connectivity index (χ1n) is 17.1. The van der Waals surface area contributed by atoms with E-state index in [9.17, 15) is 34.0 Å². The SMILES string of the molecule is CCCN(C)CCC(O)C(O)C(O)C(O)CO.CCOCc1ccc(C2C(CCC(O)c3ccc(F)cc3)C(=O)N2c2ccc(F)cc2)cc1. The summed E-state index contributed by atoms with van der Waals surface area (Å²) in [6.07, 6.45) is -4.18. The molecule has 1 aliphatic rings. The van der Waals surface area contributed by atoms with Crippen molar-refractivity contribution in [1.29, 1.82) is 0 Å². The van der Waals surface area contributed by atoms with Gasteiger partial charge in [0.2, 0.25) is 5.91 Å². The van der Waals surface area contributed by atoms with Crippen LogP contribution < -0.4 is 4.90 Å². The van der Waals surface area contributed by atoms with Crippen molar-refractivity contribution < 1.29 is 49.0 Å². The molecule has 1 fully saturated rings. The lowest BCUT2D eigenvalue weighted by atomic mass is 9.78. The summed E-state index contributed by atoms with van der Waals surface area (Å²) in [5.41, 5.74) is 3.28. The number of aliphatic hydroxyl groups is 6. The molecule has 0 bridgehead atoms. The zero-order valence-electron chi connectivity index (χ0n) is 29.0. The number of nitrogens with zero attached hydrogens (tertiary/aromatic N) is 2. The van der Waals surface area contributed by atoms with Crippen LogP contribution in [0.3, 0.4) is 0 Å². The molecule has 0 saturated carbocycles. The number of ether oxygens (including phenoxy) is 1. The number of amides is 1. The lowest BCUT2D eigenvalue weighted by Crippen LogP contribution is -2.55. The average Bonchev–Trinajstić information content (AvgIpc) is 3.12. The largest absolute Gasteiger partial charge is 0.394 e. The second-order valence-electron chi connectivity index (χ2n) is 12.6. The molecule has 0 aliphatic carbocycles. The van der Waals surface area contributed by atoms with Crippen LogP contribution in [0.25, 0.3) is 0 Å². The highest BCUT2D eigenvalue weighted by Crippen LogP contribution is 2.46. The molecule has 1 amide bonds. The van der Waals surface area contributed by atoms with Crippen LogP contribution in [0.15, 0.2) is 72.8 Å². The van der Waals surface area contributed by atoms with Gasteiger partial charge in [0.25, 0.3) is 0 Å². The second-order valence-corrected chi connectivity index (χ2v) is 12.6. The van der Waals surface area contributed by atoms with E-state index in [0.717, 1.165) is 24.1 Å². The Labute approximate surface area is 293 Å². The van der Waals surface area contributed by atoms with Crippen molar-refractivity contribution in [3.63, 3.8) is 0 Å². The van der Waals surface area contributed by atoms with Gasteiger partial charge < -0.3 is 45.2 Å². The van der Waals surface area contributed by atoms with Gasteiger partial charge in [0.05, 0.1) is 37.4 Å². The summed E-state index contributed by atoms with van der Waals surface area (Å²) < 4.78 is 32.1. The van der Waals surface area contributed by atoms with Crippen LogP contribution in [0.1, 0.15) is 68.4 Å². The first-order valence-corrected chi connectivity index (χ1v) is 17.1. The molecule has 0 spiro atoms. The summed E-state index contributed by atoms with van der Waals surface area (Å²) in [6, 6.07) is 19.4. The van der Waals surface area contributed by atoms with E-state index in [-0.39, 0.29) is 29.5 Å². The van der Waals surface area contributed by atoms with Crippen molar-refractivity contribution in [3.8, 4) is 0 Å². The summed E-state index contributed by atoms with van der Waals surface area (Å²) in [5, 5.41) is 56.8. The summed E-state index contributed by atoms with van der Waals surface area (Å²) in [6.45, 7) is 5.98. The van der Waals surface area contributed by atoms with E-state index in [1.54, 1.807) is 29.2 Å². The molecule has 50 heavy (non-hydrogen) atoms. The van der Waals surface area contributed by atoms with Crippen LogP contribution in [0, 0.1) is 17.6 Å². The smallest absolute Gasteiger partial charge is 0.233 e. The Hall–Kier alpha value is -3.33. The molecule has 10 nitrogen and oxygen atoms in total. The molecular weight excluding hydrogens is 650 g/mol. The maximum absolute atomic E-state index is 13.4. The van der Waals surface area contributed by atoms with Gasteiger partial charge >= 0.3 is 0 Å². The van der Waals surface area contributed by atoms with Gasteiger partial charge in [0.1, 0.15) is 29.9 Å². The number of β-lactam (4-membered cyclic amide) rings is 1. The fraction of sp³-hybridized carbons (Fsp3) is 0.500. The second kappa shape index (κ2) is 20.5. The van der Waals surface area contributed by atoms with Crippen molar-refractivity contribution in [2.24, 2.45) is 5.92 Å². The number of anilines is 1. The van der Waals surface area contributed by atoms with Crippen LogP contribution >= 0.6 is 0 Å². The zero-order valence-corrected chi connectivity index (χ0v) is 29.0. The van der Waals surface area contributed by atoms with Gasteiger partial charge in [-0.25, -0.2) is 8.78 Å². The van der Waals surface area contributed by atoms with Crippen molar-refractivity contribution in [2.45, 2.75) is 82.7 Å². The molecule has 7 unspecified atom stereocenters. The third-order valence-electron chi connectivity index (χ3n) is 8.86. The quantitative estimate of drug-likeness (QED) is 0.109. The summed E-state index contributed by atoms with van der Waals surface area (Å²) >= 11 is 0. The van der Waals surface area contributed by atoms with Crippen molar-refractivity contribution in [3.05, 3.63) is 101 Å². The number of carbonyl (C=O) groups is 1. The van der Waals surface area contributed by atoms with Crippen LogP contribution in [0.4, 0.5) is 14.5 Å². The molecule has 4 rings (SSSR count). The predicted octanol–water partition coefficient (Wildman–Crippen LogP) is 3.87. The van der Waals surface area contributed by atoms with E-state index in [1.165, 1.54) is 24.3 Å². The molecule has 276 valence electrons. The van der Waals surface area contributed by atoms with Gasteiger partial charge in [-0.15, -0.1) is 0 Å². The Morgan fingerprint density at radius 3 is 1.94 bits per heavy atom.